The molecule has 0 spiro atoms. The van der Waals surface area contributed by atoms with Crippen molar-refractivity contribution in [3.05, 3.63) is 29.5 Å². The van der Waals surface area contributed by atoms with Crippen LogP contribution >= 0.6 is 11.3 Å². The molecule has 0 aromatic carbocycles. The number of hydrogen-bond acceptors (Lipinski definition) is 6. The van der Waals surface area contributed by atoms with Crippen LogP contribution < -0.4 is 0 Å². The molecule has 0 bridgehead atoms. The summed E-state index contributed by atoms with van der Waals surface area (Å²) in [6.45, 7) is 4.25. The summed E-state index contributed by atoms with van der Waals surface area (Å²) in [5.74, 6) is 0.521. The summed E-state index contributed by atoms with van der Waals surface area (Å²) in [5, 5.41) is 2.45. The van der Waals surface area contributed by atoms with Crippen LogP contribution in [0.5, 0.6) is 0 Å². The summed E-state index contributed by atoms with van der Waals surface area (Å²) >= 11 is 1.39. The van der Waals surface area contributed by atoms with E-state index < -0.39 is 0 Å². The Morgan fingerprint density at radius 1 is 1.43 bits per heavy atom. The normalized spacial score (nSPS) is 18.1. The van der Waals surface area contributed by atoms with E-state index >= 15 is 0 Å². The number of likely N-dealkylation sites (tertiary alicyclic amines) is 1. The Kier molecular flexibility index (Phi) is 5.30. The van der Waals surface area contributed by atoms with E-state index in [-0.39, 0.29) is 12.0 Å². The maximum atomic E-state index is 12.6. The Bertz CT molecular complexity index is 647. The van der Waals surface area contributed by atoms with Crippen LogP contribution in [0.25, 0.3) is 10.8 Å². The van der Waals surface area contributed by atoms with Gasteiger partial charge in [0.05, 0.1) is 6.10 Å². The monoisotopic (exact) mass is 332 g/mol. The second kappa shape index (κ2) is 7.61. The van der Waals surface area contributed by atoms with E-state index in [0.717, 1.165) is 32.4 Å². The minimum atomic E-state index is -0.0340. The van der Waals surface area contributed by atoms with Crippen LogP contribution in [-0.2, 0) is 4.74 Å². The average Bonchev–Trinajstić information content (AvgIpc) is 3.10. The Hall–Kier alpha value is -1.86. The van der Waals surface area contributed by atoms with Crippen molar-refractivity contribution in [1.29, 1.82) is 0 Å². The first-order chi connectivity index (χ1) is 11.3. The van der Waals surface area contributed by atoms with Gasteiger partial charge in [-0.15, -0.1) is 11.3 Å². The van der Waals surface area contributed by atoms with Crippen LogP contribution in [0.1, 0.15) is 36.7 Å². The molecule has 3 heterocycles. The van der Waals surface area contributed by atoms with Crippen LogP contribution in [0, 0.1) is 0 Å². The van der Waals surface area contributed by atoms with Gasteiger partial charge in [0.15, 0.2) is 10.8 Å². The molecule has 1 unspecified atom stereocenters. The Morgan fingerprint density at radius 3 is 3.04 bits per heavy atom. The van der Waals surface area contributed by atoms with Gasteiger partial charge in [-0.25, -0.2) is 15.0 Å². The van der Waals surface area contributed by atoms with Crippen LogP contribution in [0.2, 0.25) is 0 Å². The minimum Gasteiger partial charge on any atom is -0.376 e. The number of thiazole rings is 1. The molecule has 1 aliphatic rings. The van der Waals surface area contributed by atoms with E-state index in [1.165, 1.54) is 11.3 Å². The first-order valence-corrected chi connectivity index (χ1v) is 8.79. The molecular weight excluding hydrogens is 312 g/mol. The average molecular weight is 332 g/mol. The highest BCUT2D eigenvalue weighted by Gasteiger charge is 2.26. The maximum Gasteiger partial charge on any atom is 0.273 e. The van der Waals surface area contributed by atoms with Gasteiger partial charge in [-0.3, -0.25) is 4.79 Å². The van der Waals surface area contributed by atoms with Crippen molar-refractivity contribution in [2.45, 2.75) is 32.3 Å². The summed E-state index contributed by atoms with van der Waals surface area (Å²) in [7, 11) is 0. The van der Waals surface area contributed by atoms with Gasteiger partial charge in [0, 0.05) is 37.5 Å². The molecule has 2 aromatic rings. The number of carbonyl (C=O) groups excluding carboxylic acids is 1. The van der Waals surface area contributed by atoms with E-state index in [0.29, 0.717) is 23.1 Å². The number of rotatable bonds is 5. The second-order valence-electron chi connectivity index (χ2n) is 5.50. The summed E-state index contributed by atoms with van der Waals surface area (Å²) in [5.41, 5.74) is 0.466. The van der Waals surface area contributed by atoms with Crippen LogP contribution in [0.15, 0.2) is 23.8 Å². The number of hydrogen-bond donors (Lipinski definition) is 0. The zero-order valence-corrected chi connectivity index (χ0v) is 14.0. The largest absolute Gasteiger partial charge is 0.376 e. The molecule has 6 nitrogen and oxygen atoms in total. The molecule has 23 heavy (non-hydrogen) atoms. The zero-order chi connectivity index (χ0) is 16.1. The fourth-order valence-corrected chi connectivity index (χ4v) is 3.33. The predicted octanol–water partition coefficient (Wildman–Crippen LogP) is 2.63. The molecule has 1 fully saturated rings. The molecular formula is C16H20N4O2S. The van der Waals surface area contributed by atoms with Gasteiger partial charge < -0.3 is 9.64 Å². The smallest absolute Gasteiger partial charge is 0.273 e. The lowest BCUT2D eigenvalue weighted by atomic mass is 10.1. The van der Waals surface area contributed by atoms with Crippen LogP contribution in [-0.4, -0.2) is 51.6 Å². The molecule has 1 saturated heterocycles. The highest BCUT2D eigenvalue weighted by Crippen LogP contribution is 2.22. The van der Waals surface area contributed by atoms with Gasteiger partial charge in [0.1, 0.15) is 5.69 Å². The predicted molar refractivity (Wildman–Crippen MR) is 88.3 cm³/mol. The van der Waals surface area contributed by atoms with Gasteiger partial charge in [0.2, 0.25) is 0 Å². The van der Waals surface area contributed by atoms with E-state index in [2.05, 4.69) is 21.9 Å². The molecule has 0 radical (unpaired) electrons. The van der Waals surface area contributed by atoms with Crippen molar-refractivity contribution in [3.63, 3.8) is 0 Å². The number of piperidine rings is 1. The summed E-state index contributed by atoms with van der Waals surface area (Å²) in [6.07, 6.45) is 6.47. The number of ether oxygens (including phenoxy) is 1. The van der Waals surface area contributed by atoms with E-state index in [9.17, 15) is 4.79 Å². The number of aromatic nitrogens is 3. The van der Waals surface area contributed by atoms with Gasteiger partial charge in [-0.05, 0) is 25.3 Å². The first kappa shape index (κ1) is 16.0. The molecule has 3 rings (SSSR count). The molecule has 2 aromatic heterocycles. The fraction of sp³-hybridized carbons (Fsp3) is 0.500. The summed E-state index contributed by atoms with van der Waals surface area (Å²) in [4.78, 5) is 27.2. The van der Waals surface area contributed by atoms with Gasteiger partial charge in [-0.2, -0.15) is 0 Å². The number of amides is 1. The van der Waals surface area contributed by atoms with Gasteiger partial charge in [0.25, 0.3) is 5.91 Å². The lowest BCUT2D eigenvalue weighted by molar-refractivity contribution is 0.00195. The summed E-state index contributed by atoms with van der Waals surface area (Å²) < 4.78 is 5.79. The maximum absolute atomic E-state index is 12.6. The highest BCUT2D eigenvalue weighted by molar-refractivity contribution is 7.13. The third kappa shape index (κ3) is 3.92. The molecule has 7 heteroatoms. The highest BCUT2D eigenvalue weighted by atomic mass is 32.1. The van der Waals surface area contributed by atoms with Crippen molar-refractivity contribution in [3.8, 4) is 10.8 Å². The van der Waals surface area contributed by atoms with Crippen molar-refractivity contribution < 1.29 is 9.53 Å². The molecule has 0 N–H and O–H groups in total. The SMILES string of the molecule is CCCOC1CCCN(C(=O)c2csc(-c3ncccn3)n2)C1. The van der Waals surface area contributed by atoms with Crippen molar-refractivity contribution in [1.82, 2.24) is 19.9 Å². The summed E-state index contributed by atoms with van der Waals surface area (Å²) in [6, 6.07) is 1.76. The quantitative estimate of drug-likeness (QED) is 0.842. The van der Waals surface area contributed by atoms with Crippen molar-refractivity contribution in [2.75, 3.05) is 19.7 Å². The standard InChI is InChI=1S/C16H20N4O2S/c1-2-9-22-12-5-3-8-20(10-12)16(21)13-11-23-15(19-13)14-17-6-4-7-18-14/h4,6-7,11-12H,2-3,5,8-10H2,1H3. The molecule has 1 aliphatic heterocycles. The molecule has 0 aliphatic carbocycles. The van der Waals surface area contributed by atoms with Crippen molar-refractivity contribution in [2.24, 2.45) is 0 Å². The number of nitrogens with zero attached hydrogens (tertiary/aromatic N) is 4. The second-order valence-corrected chi connectivity index (χ2v) is 6.35. The van der Waals surface area contributed by atoms with E-state index in [1.807, 2.05) is 4.90 Å². The minimum absolute atomic E-state index is 0.0340. The molecule has 1 amide bonds. The molecule has 0 saturated carbocycles. The Balaban J connectivity index is 1.67. The first-order valence-electron chi connectivity index (χ1n) is 7.91. The van der Waals surface area contributed by atoms with E-state index in [1.54, 1.807) is 23.8 Å². The lowest BCUT2D eigenvalue weighted by Gasteiger charge is -2.32. The van der Waals surface area contributed by atoms with Gasteiger partial charge in [-0.1, -0.05) is 6.92 Å². The third-order valence-corrected chi connectivity index (χ3v) is 4.54. The fourth-order valence-electron chi connectivity index (χ4n) is 2.59. The van der Waals surface area contributed by atoms with Crippen LogP contribution in [0.4, 0.5) is 0 Å². The Labute approximate surface area is 139 Å². The zero-order valence-electron chi connectivity index (χ0n) is 13.1. The van der Waals surface area contributed by atoms with Gasteiger partial charge >= 0.3 is 0 Å². The van der Waals surface area contributed by atoms with Crippen LogP contribution in [0.3, 0.4) is 0 Å². The Morgan fingerprint density at radius 2 is 2.26 bits per heavy atom. The van der Waals surface area contributed by atoms with Crippen molar-refractivity contribution >= 4 is 17.2 Å². The topological polar surface area (TPSA) is 68.2 Å². The number of carbonyl (C=O) groups is 1. The molecule has 1 atom stereocenters. The molecule has 122 valence electrons. The lowest BCUT2D eigenvalue weighted by Crippen LogP contribution is -2.43. The third-order valence-electron chi connectivity index (χ3n) is 3.70. The van der Waals surface area contributed by atoms with E-state index in [4.69, 9.17) is 4.74 Å².